The molecule has 148 valence electrons. The first-order chi connectivity index (χ1) is 14.2. The van der Waals surface area contributed by atoms with Crippen LogP contribution >= 0.6 is 0 Å². The SMILES string of the molecule is CCc1cc2ncc(CN3CCN(c4ccc5[nH]ncc5n4)CC3)cc2[nH]c1=O. The lowest BCUT2D eigenvalue weighted by Crippen LogP contribution is -2.46. The largest absolute Gasteiger partial charge is 0.354 e. The van der Waals surface area contributed by atoms with Gasteiger partial charge in [-0.05, 0) is 36.2 Å². The molecule has 5 rings (SSSR count). The fourth-order valence-electron chi connectivity index (χ4n) is 3.91. The number of nitrogens with zero attached hydrogens (tertiary/aromatic N) is 5. The minimum absolute atomic E-state index is 0.0188. The topological polar surface area (TPSA) is 93.8 Å². The first kappa shape index (κ1) is 17.8. The van der Waals surface area contributed by atoms with Gasteiger partial charge in [0.25, 0.3) is 5.56 Å². The maximum absolute atomic E-state index is 12.1. The van der Waals surface area contributed by atoms with Crippen LogP contribution in [0.2, 0.25) is 0 Å². The second kappa shape index (κ2) is 7.29. The average Bonchev–Trinajstić information content (AvgIpc) is 3.21. The van der Waals surface area contributed by atoms with Crippen LogP contribution in [0, 0.1) is 0 Å². The van der Waals surface area contributed by atoms with Crippen molar-refractivity contribution >= 4 is 27.9 Å². The van der Waals surface area contributed by atoms with Crippen molar-refractivity contribution in [2.45, 2.75) is 19.9 Å². The highest BCUT2D eigenvalue weighted by Crippen LogP contribution is 2.19. The van der Waals surface area contributed by atoms with Crippen molar-refractivity contribution in [3.05, 3.63) is 58.1 Å². The van der Waals surface area contributed by atoms with Gasteiger partial charge in [0.2, 0.25) is 0 Å². The number of aryl methyl sites for hydroxylation is 1. The van der Waals surface area contributed by atoms with Crippen LogP contribution in [0.5, 0.6) is 0 Å². The monoisotopic (exact) mass is 389 g/mol. The first-order valence-corrected chi connectivity index (χ1v) is 9.98. The van der Waals surface area contributed by atoms with Crippen LogP contribution in [0.15, 0.2) is 41.5 Å². The van der Waals surface area contributed by atoms with Crippen LogP contribution in [0.25, 0.3) is 22.1 Å². The third-order valence-electron chi connectivity index (χ3n) is 5.59. The summed E-state index contributed by atoms with van der Waals surface area (Å²) >= 11 is 0. The molecular formula is C21H23N7O. The molecule has 0 aliphatic carbocycles. The molecule has 1 fully saturated rings. The number of fused-ring (bicyclic) bond motifs is 2. The molecular weight excluding hydrogens is 366 g/mol. The van der Waals surface area contributed by atoms with Crippen LogP contribution < -0.4 is 10.5 Å². The molecule has 1 aliphatic heterocycles. The van der Waals surface area contributed by atoms with Crippen molar-refractivity contribution < 1.29 is 0 Å². The molecule has 4 aromatic heterocycles. The summed E-state index contributed by atoms with van der Waals surface area (Å²) < 4.78 is 0. The molecule has 2 N–H and O–H groups in total. The third-order valence-corrected chi connectivity index (χ3v) is 5.59. The summed E-state index contributed by atoms with van der Waals surface area (Å²) in [5, 5.41) is 6.98. The predicted octanol–water partition coefficient (Wildman–Crippen LogP) is 2.08. The van der Waals surface area contributed by atoms with E-state index in [0.717, 1.165) is 71.7 Å². The lowest BCUT2D eigenvalue weighted by molar-refractivity contribution is 0.249. The lowest BCUT2D eigenvalue weighted by Gasteiger charge is -2.35. The molecule has 0 saturated carbocycles. The molecule has 8 heteroatoms. The first-order valence-electron chi connectivity index (χ1n) is 9.98. The number of aromatic nitrogens is 5. The van der Waals surface area contributed by atoms with Gasteiger partial charge in [0.15, 0.2) is 0 Å². The van der Waals surface area contributed by atoms with E-state index in [-0.39, 0.29) is 5.56 Å². The Morgan fingerprint density at radius 3 is 2.72 bits per heavy atom. The van der Waals surface area contributed by atoms with Gasteiger partial charge in [-0.25, -0.2) is 4.98 Å². The van der Waals surface area contributed by atoms with Gasteiger partial charge in [-0.3, -0.25) is 19.8 Å². The number of pyridine rings is 3. The summed E-state index contributed by atoms with van der Waals surface area (Å²) in [6.45, 7) is 6.56. The van der Waals surface area contributed by atoms with Crippen LogP contribution in [0.4, 0.5) is 5.82 Å². The Balaban J connectivity index is 1.27. The van der Waals surface area contributed by atoms with Crippen molar-refractivity contribution in [3.8, 4) is 0 Å². The van der Waals surface area contributed by atoms with Gasteiger partial charge in [-0.15, -0.1) is 0 Å². The van der Waals surface area contributed by atoms with E-state index in [0.29, 0.717) is 6.42 Å². The number of nitrogens with one attached hydrogen (secondary N) is 2. The molecule has 0 spiro atoms. The van der Waals surface area contributed by atoms with Gasteiger partial charge in [0, 0.05) is 44.5 Å². The number of hydrogen-bond acceptors (Lipinski definition) is 6. The van der Waals surface area contributed by atoms with Crippen LogP contribution in [0.3, 0.4) is 0 Å². The van der Waals surface area contributed by atoms with Crippen molar-refractivity contribution in [3.63, 3.8) is 0 Å². The van der Waals surface area contributed by atoms with Gasteiger partial charge in [-0.1, -0.05) is 6.92 Å². The van der Waals surface area contributed by atoms with E-state index in [1.807, 2.05) is 37.4 Å². The maximum atomic E-state index is 12.1. The number of piperazine rings is 1. The van der Waals surface area contributed by atoms with E-state index in [9.17, 15) is 4.79 Å². The second-order valence-electron chi connectivity index (χ2n) is 7.49. The molecule has 0 bridgehead atoms. The fraction of sp³-hybridized carbons (Fsp3) is 0.333. The normalized spacial score (nSPS) is 15.4. The molecule has 29 heavy (non-hydrogen) atoms. The second-order valence-corrected chi connectivity index (χ2v) is 7.49. The average molecular weight is 389 g/mol. The number of anilines is 1. The molecule has 1 saturated heterocycles. The predicted molar refractivity (Wildman–Crippen MR) is 113 cm³/mol. The van der Waals surface area contributed by atoms with E-state index < -0.39 is 0 Å². The Labute approximate surface area is 167 Å². The minimum Gasteiger partial charge on any atom is -0.354 e. The van der Waals surface area contributed by atoms with Crippen LogP contribution in [-0.4, -0.2) is 56.2 Å². The molecule has 0 atom stereocenters. The Hall–Kier alpha value is -3.26. The maximum Gasteiger partial charge on any atom is 0.251 e. The fourth-order valence-corrected chi connectivity index (χ4v) is 3.91. The molecule has 1 aliphatic rings. The molecule has 8 nitrogen and oxygen atoms in total. The molecule has 0 amide bonds. The van der Waals surface area contributed by atoms with E-state index >= 15 is 0 Å². The van der Waals surface area contributed by atoms with Gasteiger partial charge in [-0.2, -0.15) is 5.10 Å². The summed E-state index contributed by atoms with van der Waals surface area (Å²) in [7, 11) is 0. The standard InChI is InChI=1S/C21H23N7O/c1-2-15-10-17-18(25-21(15)29)9-14(11-22-17)13-27-5-7-28(8-6-27)20-4-3-16-19(24-20)12-23-26-16/h3-4,9-12H,2,5-8,13H2,1H3,(H,23,26)(H,25,29). The van der Waals surface area contributed by atoms with Gasteiger partial charge < -0.3 is 9.88 Å². The van der Waals surface area contributed by atoms with Gasteiger partial charge >= 0.3 is 0 Å². The Kier molecular flexibility index (Phi) is 4.48. The number of rotatable bonds is 4. The van der Waals surface area contributed by atoms with Crippen LogP contribution in [0.1, 0.15) is 18.1 Å². The van der Waals surface area contributed by atoms with E-state index in [1.54, 1.807) is 6.20 Å². The van der Waals surface area contributed by atoms with Gasteiger partial charge in [0.1, 0.15) is 11.3 Å². The van der Waals surface area contributed by atoms with Crippen molar-refractivity contribution in [1.82, 2.24) is 30.0 Å². The highest BCUT2D eigenvalue weighted by atomic mass is 16.1. The molecule has 4 aromatic rings. The smallest absolute Gasteiger partial charge is 0.251 e. The zero-order chi connectivity index (χ0) is 19.8. The Bertz CT molecular complexity index is 1220. The highest BCUT2D eigenvalue weighted by Gasteiger charge is 2.19. The Morgan fingerprint density at radius 1 is 1.03 bits per heavy atom. The van der Waals surface area contributed by atoms with Crippen molar-refractivity contribution in [2.24, 2.45) is 0 Å². The van der Waals surface area contributed by atoms with Crippen LogP contribution in [-0.2, 0) is 13.0 Å². The molecule has 5 heterocycles. The summed E-state index contributed by atoms with van der Waals surface area (Å²) in [5.41, 5.74) is 5.37. The summed E-state index contributed by atoms with van der Waals surface area (Å²) in [4.78, 5) is 29.0. The zero-order valence-corrected chi connectivity index (χ0v) is 16.4. The quantitative estimate of drug-likeness (QED) is 0.555. The zero-order valence-electron chi connectivity index (χ0n) is 16.4. The van der Waals surface area contributed by atoms with E-state index in [1.165, 1.54) is 0 Å². The molecule has 0 unspecified atom stereocenters. The number of aromatic amines is 2. The Morgan fingerprint density at radius 2 is 1.90 bits per heavy atom. The van der Waals surface area contributed by atoms with Crippen molar-refractivity contribution in [2.75, 3.05) is 31.1 Å². The number of H-pyrrole nitrogens is 2. The summed E-state index contributed by atoms with van der Waals surface area (Å²) in [5.74, 6) is 0.996. The van der Waals surface area contributed by atoms with E-state index in [4.69, 9.17) is 4.98 Å². The number of hydrogen-bond donors (Lipinski definition) is 2. The summed E-state index contributed by atoms with van der Waals surface area (Å²) in [6.07, 6.45) is 4.39. The summed E-state index contributed by atoms with van der Waals surface area (Å²) in [6, 6.07) is 8.01. The lowest BCUT2D eigenvalue weighted by atomic mass is 10.1. The minimum atomic E-state index is -0.0188. The molecule has 0 aromatic carbocycles. The highest BCUT2D eigenvalue weighted by molar-refractivity contribution is 5.76. The third kappa shape index (κ3) is 3.47. The van der Waals surface area contributed by atoms with Crippen molar-refractivity contribution in [1.29, 1.82) is 0 Å². The van der Waals surface area contributed by atoms with Gasteiger partial charge in [0.05, 0.1) is 22.7 Å². The molecule has 0 radical (unpaired) electrons. The van der Waals surface area contributed by atoms with E-state index in [2.05, 4.69) is 30.0 Å².